The first-order valence-electron chi connectivity index (χ1n) is 10.8. The fourth-order valence-electron chi connectivity index (χ4n) is 3.82. The summed E-state index contributed by atoms with van der Waals surface area (Å²) in [5.74, 6) is -0.387. The maximum Gasteiger partial charge on any atom is 0.282 e. The Morgan fingerprint density at radius 3 is 2.12 bits per heavy atom. The molecule has 1 N–H and O–H groups in total. The van der Waals surface area contributed by atoms with Gasteiger partial charge in [0.1, 0.15) is 23.0 Å². The average Bonchev–Trinajstić information content (AvgIpc) is 3.08. The summed E-state index contributed by atoms with van der Waals surface area (Å²) >= 11 is 0. The molecule has 6 nitrogen and oxygen atoms in total. The van der Waals surface area contributed by atoms with Gasteiger partial charge >= 0.3 is 0 Å². The molecule has 174 valence electrons. The molecule has 0 unspecified atom stereocenters. The van der Waals surface area contributed by atoms with Crippen LogP contribution in [0.4, 0.5) is 15.8 Å². The van der Waals surface area contributed by atoms with E-state index in [1.54, 1.807) is 18.2 Å². The molecule has 4 rings (SSSR count). The van der Waals surface area contributed by atoms with E-state index < -0.39 is 17.6 Å². The quantitative estimate of drug-likeness (QED) is 0.481. The Bertz CT molecular complexity index is 1260. The highest BCUT2D eigenvalue weighted by Crippen LogP contribution is 2.39. The molecule has 0 spiro atoms. The highest BCUT2D eigenvalue weighted by molar-refractivity contribution is 6.46. The molecular weight excluding hydrogens is 435 g/mol. The van der Waals surface area contributed by atoms with Crippen LogP contribution >= 0.6 is 0 Å². The molecule has 0 saturated carbocycles. The van der Waals surface area contributed by atoms with Gasteiger partial charge in [0.15, 0.2) is 0 Å². The van der Waals surface area contributed by atoms with Crippen LogP contribution in [0.5, 0.6) is 11.5 Å². The molecular formula is C27H25FN2O4. The Morgan fingerprint density at radius 1 is 0.853 bits per heavy atom. The van der Waals surface area contributed by atoms with Crippen molar-refractivity contribution in [3.63, 3.8) is 0 Å². The number of hydrogen-bond acceptors (Lipinski definition) is 5. The van der Waals surface area contributed by atoms with E-state index in [4.69, 9.17) is 9.47 Å². The van der Waals surface area contributed by atoms with Crippen molar-refractivity contribution in [1.82, 2.24) is 0 Å². The summed E-state index contributed by atoms with van der Waals surface area (Å²) in [6.07, 6.45) is 0. The van der Waals surface area contributed by atoms with Gasteiger partial charge in [0, 0.05) is 11.8 Å². The van der Waals surface area contributed by atoms with Gasteiger partial charge < -0.3 is 14.8 Å². The first kappa shape index (κ1) is 23.0. The number of halogens is 1. The van der Waals surface area contributed by atoms with Crippen molar-refractivity contribution in [2.75, 3.05) is 24.4 Å². The highest BCUT2D eigenvalue weighted by Gasteiger charge is 2.41. The van der Waals surface area contributed by atoms with Gasteiger partial charge in [-0.25, -0.2) is 9.29 Å². The van der Waals surface area contributed by atoms with Gasteiger partial charge in [-0.1, -0.05) is 38.1 Å². The summed E-state index contributed by atoms with van der Waals surface area (Å²) in [6.45, 7) is 4.19. The third-order valence-electron chi connectivity index (χ3n) is 5.69. The van der Waals surface area contributed by atoms with Crippen molar-refractivity contribution in [2.24, 2.45) is 0 Å². The Balaban J connectivity index is 1.82. The number of nitrogens with zero attached hydrogens (tertiary/aromatic N) is 1. The van der Waals surface area contributed by atoms with Crippen LogP contribution in [-0.4, -0.2) is 26.0 Å². The number of methoxy groups -OCH3 is 2. The molecule has 3 aromatic carbocycles. The lowest BCUT2D eigenvalue weighted by molar-refractivity contribution is -0.120. The third kappa shape index (κ3) is 4.24. The Morgan fingerprint density at radius 2 is 1.53 bits per heavy atom. The number of imide groups is 1. The van der Waals surface area contributed by atoms with E-state index in [-0.39, 0.29) is 17.0 Å². The molecule has 0 saturated heterocycles. The summed E-state index contributed by atoms with van der Waals surface area (Å²) in [6, 6.07) is 18.0. The van der Waals surface area contributed by atoms with Gasteiger partial charge in [-0.05, 0) is 53.4 Å². The Kier molecular flexibility index (Phi) is 6.36. The normalized spacial score (nSPS) is 13.6. The monoisotopic (exact) mass is 460 g/mol. The molecule has 1 aliphatic rings. The highest BCUT2D eigenvalue weighted by atomic mass is 19.1. The molecule has 0 aliphatic carbocycles. The Labute approximate surface area is 197 Å². The summed E-state index contributed by atoms with van der Waals surface area (Å²) in [5, 5.41) is 3.12. The maximum atomic E-state index is 13.6. The summed E-state index contributed by atoms with van der Waals surface area (Å²) in [7, 11) is 2.95. The number of nitrogens with one attached hydrogen (secondary N) is 1. The number of carbonyl (C=O) groups is 2. The number of ether oxygens (including phenoxy) is 2. The van der Waals surface area contributed by atoms with E-state index in [0.717, 1.165) is 10.5 Å². The van der Waals surface area contributed by atoms with Crippen LogP contribution in [0.2, 0.25) is 0 Å². The SMILES string of the molecule is COc1ccc(OC)c(N2C(=O)C(Nc3ccc(C(C)C)cc3)=C(c3ccc(F)cc3)C2=O)c1. The molecule has 1 heterocycles. The van der Waals surface area contributed by atoms with Gasteiger partial charge in [-0.3, -0.25) is 9.59 Å². The average molecular weight is 461 g/mol. The van der Waals surface area contributed by atoms with Crippen molar-refractivity contribution >= 4 is 28.8 Å². The molecule has 0 aromatic heterocycles. The second-order valence-electron chi connectivity index (χ2n) is 8.14. The van der Waals surface area contributed by atoms with E-state index in [1.165, 1.54) is 38.5 Å². The molecule has 0 atom stereocenters. The predicted octanol–water partition coefficient (Wildman–Crippen LogP) is 5.36. The standard InChI is InChI=1S/C27H25FN2O4/c1-16(2)17-7-11-20(12-8-17)29-25-24(18-5-9-19(28)10-6-18)26(31)30(27(25)32)22-15-21(33-3)13-14-23(22)34-4/h5-16,29H,1-4H3. The zero-order valence-electron chi connectivity index (χ0n) is 19.4. The zero-order chi connectivity index (χ0) is 24.4. The fourth-order valence-corrected chi connectivity index (χ4v) is 3.82. The second kappa shape index (κ2) is 9.39. The van der Waals surface area contributed by atoms with E-state index >= 15 is 0 Å². The van der Waals surface area contributed by atoms with Crippen molar-refractivity contribution < 1.29 is 23.5 Å². The molecule has 3 aromatic rings. The fraction of sp³-hybridized carbons (Fsp3) is 0.185. The lowest BCUT2D eigenvalue weighted by Gasteiger charge is -2.19. The molecule has 0 fully saturated rings. The molecule has 2 amide bonds. The molecule has 34 heavy (non-hydrogen) atoms. The van der Waals surface area contributed by atoms with Crippen LogP contribution in [0.25, 0.3) is 5.57 Å². The van der Waals surface area contributed by atoms with Crippen molar-refractivity contribution in [1.29, 1.82) is 0 Å². The lowest BCUT2D eigenvalue weighted by Crippen LogP contribution is -2.32. The summed E-state index contributed by atoms with van der Waals surface area (Å²) in [4.78, 5) is 28.3. The maximum absolute atomic E-state index is 13.6. The molecule has 0 radical (unpaired) electrons. The smallest absolute Gasteiger partial charge is 0.282 e. The largest absolute Gasteiger partial charge is 0.497 e. The summed E-state index contributed by atoms with van der Waals surface area (Å²) in [5.41, 5.74) is 2.71. The van der Waals surface area contributed by atoms with Gasteiger partial charge in [0.05, 0.1) is 25.5 Å². The first-order chi connectivity index (χ1) is 16.3. The second-order valence-corrected chi connectivity index (χ2v) is 8.14. The van der Waals surface area contributed by atoms with Gasteiger partial charge in [-0.15, -0.1) is 0 Å². The number of carbonyl (C=O) groups excluding carboxylic acids is 2. The van der Waals surface area contributed by atoms with Gasteiger partial charge in [0.2, 0.25) is 0 Å². The minimum atomic E-state index is -0.552. The van der Waals surface area contributed by atoms with Gasteiger partial charge in [0.25, 0.3) is 11.8 Å². The summed E-state index contributed by atoms with van der Waals surface area (Å²) < 4.78 is 24.3. The molecule has 1 aliphatic heterocycles. The van der Waals surface area contributed by atoms with Crippen LogP contribution < -0.4 is 19.7 Å². The van der Waals surface area contributed by atoms with Crippen LogP contribution in [-0.2, 0) is 9.59 Å². The number of anilines is 2. The molecule has 7 heteroatoms. The minimum absolute atomic E-state index is 0.0961. The van der Waals surface area contributed by atoms with Crippen molar-refractivity contribution in [3.05, 3.63) is 89.4 Å². The molecule has 0 bridgehead atoms. The van der Waals surface area contributed by atoms with E-state index in [1.807, 2.05) is 24.3 Å². The predicted molar refractivity (Wildman–Crippen MR) is 130 cm³/mol. The zero-order valence-corrected chi connectivity index (χ0v) is 19.4. The number of hydrogen-bond donors (Lipinski definition) is 1. The third-order valence-corrected chi connectivity index (χ3v) is 5.69. The van der Waals surface area contributed by atoms with Crippen molar-refractivity contribution in [2.45, 2.75) is 19.8 Å². The topological polar surface area (TPSA) is 67.9 Å². The van der Waals surface area contributed by atoms with Crippen LogP contribution in [0.1, 0.15) is 30.9 Å². The van der Waals surface area contributed by atoms with Crippen LogP contribution in [0, 0.1) is 5.82 Å². The first-order valence-corrected chi connectivity index (χ1v) is 10.8. The van der Waals surface area contributed by atoms with E-state index in [2.05, 4.69) is 19.2 Å². The van der Waals surface area contributed by atoms with Crippen molar-refractivity contribution in [3.8, 4) is 11.5 Å². The van der Waals surface area contributed by atoms with E-state index in [0.29, 0.717) is 28.7 Å². The lowest BCUT2D eigenvalue weighted by atomic mass is 10.0. The number of rotatable bonds is 7. The number of amides is 2. The van der Waals surface area contributed by atoms with E-state index in [9.17, 15) is 14.0 Å². The Hall–Kier alpha value is -4.13. The minimum Gasteiger partial charge on any atom is -0.497 e. The number of benzene rings is 3. The van der Waals surface area contributed by atoms with Crippen LogP contribution in [0.3, 0.4) is 0 Å². The van der Waals surface area contributed by atoms with Crippen LogP contribution in [0.15, 0.2) is 72.4 Å². The van der Waals surface area contributed by atoms with Gasteiger partial charge in [-0.2, -0.15) is 0 Å².